The Hall–Kier alpha value is -1.83. The summed E-state index contributed by atoms with van der Waals surface area (Å²) in [5.41, 5.74) is -0.260. The van der Waals surface area contributed by atoms with Crippen molar-refractivity contribution in [3.63, 3.8) is 0 Å². The van der Waals surface area contributed by atoms with Crippen LogP contribution in [-0.2, 0) is 4.79 Å². The lowest BCUT2D eigenvalue weighted by atomic mass is 9.96. The molecule has 1 fully saturated rings. The van der Waals surface area contributed by atoms with Crippen LogP contribution in [-0.4, -0.2) is 42.5 Å². The normalized spacial score (nSPS) is 16.1. The van der Waals surface area contributed by atoms with Crippen LogP contribution < -0.4 is 5.32 Å². The first kappa shape index (κ1) is 18.5. The summed E-state index contributed by atoms with van der Waals surface area (Å²) < 4.78 is 50.7. The van der Waals surface area contributed by atoms with E-state index in [0.717, 1.165) is 11.0 Å². The van der Waals surface area contributed by atoms with Gasteiger partial charge in [0.15, 0.2) is 0 Å². The van der Waals surface area contributed by atoms with Gasteiger partial charge >= 0.3 is 12.1 Å². The number of halogens is 5. The molecule has 1 aliphatic rings. The van der Waals surface area contributed by atoms with E-state index in [4.69, 9.17) is 11.6 Å². The molecule has 0 spiro atoms. The molecule has 1 aromatic rings. The van der Waals surface area contributed by atoms with Gasteiger partial charge in [-0.2, -0.15) is 13.2 Å². The standard InChI is InChI=1S/C15H15ClF4N2O2/c16-10-2-1-3-11(17)12(10)13(23)21-8-9-4-6-22(7-5-9)14(24)15(18,19)20/h1-3,9H,4-8H2,(H,21,23). The number of piperidine rings is 1. The molecule has 4 nitrogen and oxygen atoms in total. The summed E-state index contributed by atoms with van der Waals surface area (Å²) in [7, 11) is 0. The van der Waals surface area contributed by atoms with Crippen molar-refractivity contribution < 1.29 is 27.2 Å². The fourth-order valence-corrected chi connectivity index (χ4v) is 2.81. The topological polar surface area (TPSA) is 49.4 Å². The highest BCUT2D eigenvalue weighted by molar-refractivity contribution is 6.33. The number of alkyl halides is 3. The second kappa shape index (κ2) is 7.38. The van der Waals surface area contributed by atoms with E-state index >= 15 is 0 Å². The van der Waals surface area contributed by atoms with Crippen molar-refractivity contribution in [3.8, 4) is 0 Å². The molecule has 132 valence electrons. The number of carbonyl (C=O) groups is 2. The molecule has 24 heavy (non-hydrogen) atoms. The molecule has 0 aromatic heterocycles. The second-order valence-corrected chi connectivity index (χ2v) is 5.95. The number of hydrogen-bond acceptors (Lipinski definition) is 2. The largest absolute Gasteiger partial charge is 0.471 e. The van der Waals surface area contributed by atoms with E-state index in [1.807, 2.05) is 0 Å². The zero-order valence-electron chi connectivity index (χ0n) is 12.5. The third-order valence-electron chi connectivity index (χ3n) is 3.89. The number of nitrogens with one attached hydrogen (secondary N) is 1. The third-order valence-corrected chi connectivity index (χ3v) is 4.20. The average Bonchev–Trinajstić information content (AvgIpc) is 2.51. The van der Waals surface area contributed by atoms with E-state index in [1.54, 1.807) is 0 Å². The molecule has 1 saturated heterocycles. The van der Waals surface area contributed by atoms with E-state index in [0.29, 0.717) is 12.8 Å². The maximum atomic E-state index is 13.6. The summed E-state index contributed by atoms with van der Waals surface area (Å²) in [6.07, 6.45) is -4.22. The Labute approximate surface area is 140 Å². The molecule has 0 saturated carbocycles. The monoisotopic (exact) mass is 366 g/mol. The molecule has 1 heterocycles. The molecule has 9 heteroatoms. The fraction of sp³-hybridized carbons (Fsp3) is 0.467. The molecule has 0 aliphatic carbocycles. The van der Waals surface area contributed by atoms with E-state index in [9.17, 15) is 27.2 Å². The van der Waals surface area contributed by atoms with Crippen molar-refractivity contribution in [1.82, 2.24) is 10.2 Å². The highest BCUT2D eigenvalue weighted by atomic mass is 35.5. The Morgan fingerprint density at radius 2 is 1.88 bits per heavy atom. The van der Waals surface area contributed by atoms with Crippen molar-refractivity contribution in [1.29, 1.82) is 0 Å². The van der Waals surface area contributed by atoms with Gasteiger partial charge in [0, 0.05) is 19.6 Å². The number of rotatable bonds is 3. The highest BCUT2D eigenvalue weighted by Crippen LogP contribution is 2.24. The lowest BCUT2D eigenvalue weighted by Crippen LogP contribution is -2.46. The molecule has 1 N–H and O–H groups in total. The lowest BCUT2D eigenvalue weighted by Gasteiger charge is -2.32. The van der Waals surface area contributed by atoms with Gasteiger partial charge in [0.2, 0.25) is 0 Å². The lowest BCUT2D eigenvalue weighted by molar-refractivity contribution is -0.186. The Kier molecular flexibility index (Phi) is 5.69. The predicted octanol–water partition coefficient (Wildman–Crippen LogP) is 3.01. The summed E-state index contributed by atoms with van der Waals surface area (Å²) in [5.74, 6) is -3.35. The van der Waals surface area contributed by atoms with Gasteiger partial charge in [-0.3, -0.25) is 9.59 Å². The van der Waals surface area contributed by atoms with E-state index in [1.165, 1.54) is 12.1 Å². The Morgan fingerprint density at radius 1 is 1.25 bits per heavy atom. The Bertz CT molecular complexity index is 608. The fourth-order valence-electron chi connectivity index (χ4n) is 2.56. The van der Waals surface area contributed by atoms with E-state index in [-0.39, 0.29) is 36.1 Å². The molecule has 2 rings (SSSR count). The zero-order chi connectivity index (χ0) is 17.9. The Morgan fingerprint density at radius 3 is 2.42 bits per heavy atom. The molecule has 1 aromatic carbocycles. The summed E-state index contributed by atoms with van der Waals surface area (Å²) >= 11 is 5.79. The van der Waals surface area contributed by atoms with Gasteiger partial charge in [0.25, 0.3) is 5.91 Å². The maximum absolute atomic E-state index is 13.6. The molecule has 0 radical (unpaired) electrons. The number of nitrogens with zero attached hydrogens (tertiary/aromatic N) is 1. The van der Waals surface area contributed by atoms with Gasteiger partial charge in [-0.25, -0.2) is 4.39 Å². The van der Waals surface area contributed by atoms with Crippen molar-refractivity contribution in [2.75, 3.05) is 19.6 Å². The quantitative estimate of drug-likeness (QED) is 0.836. The Balaban J connectivity index is 1.85. The first-order valence-electron chi connectivity index (χ1n) is 7.28. The average molecular weight is 367 g/mol. The van der Waals surface area contributed by atoms with Crippen LogP contribution in [0.2, 0.25) is 5.02 Å². The van der Waals surface area contributed by atoms with Crippen LogP contribution in [0.3, 0.4) is 0 Å². The van der Waals surface area contributed by atoms with Crippen LogP contribution in [0.15, 0.2) is 18.2 Å². The van der Waals surface area contributed by atoms with Crippen LogP contribution in [0, 0.1) is 11.7 Å². The minimum atomic E-state index is -4.87. The summed E-state index contributed by atoms with van der Waals surface area (Å²) in [6.45, 7) is 0.121. The third kappa shape index (κ3) is 4.37. The van der Waals surface area contributed by atoms with Crippen LogP contribution >= 0.6 is 11.6 Å². The van der Waals surface area contributed by atoms with Gasteiger partial charge in [-0.05, 0) is 30.9 Å². The number of benzene rings is 1. The van der Waals surface area contributed by atoms with Crippen LogP contribution in [0.4, 0.5) is 17.6 Å². The van der Waals surface area contributed by atoms with Crippen LogP contribution in [0.5, 0.6) is 0 Å². The first-order valence-corrected chi connectivity index (χ1v) is 7.66. The first-order chi connectivity index (χ1) is 11.2. The minimum absolute atomic E-state index is 0.0157. The second-order valence-electron chi connectivity index (χ2n) is 5.54. The number of carbonyl (C=O) groups excluding carboxylic acids is 2. The van der Waals surface area contributed by atoms with Crippen molar-refractivity contribution in [2.45, 2.75) is 19.0 Å². The van der Waals surface area contributed by atoms with Crippen molar-refractivity contribution in [3.05, 3.63) is 34.6 Å². The maximum Gasteiger partial charge on any atom is 0.471 e. The molecule has 2 amide bonds. The number of likely N-dealkylation sites (tertiary alicyclic amines) is 1. The molecule has 0 bridgehead atoms. The summed E-state index contributed by atoms with van der Waals surface area (Å²) in [5, 5.41) is 2.52. The SMILES string of the molecule is O=C(NCC1CCN(C(=O)C(F)(F)F)CC1)c1c(F)cccc1Cl. The summed E-state index contributed by atoms with van der Waals surface area (Å²) in [6, 6.07) is 3.88. The van der Waals surface area contributed by atoms with Crippen molar-refractivity contribution >= 4 is 23.4 Å². The van der Waals surface area contributed by atoms with Gasteiger partial charge < -0.3 is 10.2 Å². The van der Waals surface area contributed by atoms with Gasteiger partial charge in [-0.15, -0.1) is 0 Å². The molecule has 1 aliphatic heterocycles. The van der Waals surface area contributed by atoms with Gasteiger partial charge in [0.05, 0.1) is 10.6 Å². The number of hydrogen-bond donors (Lipinski definition) is 1. The highest BCUT2D eigenvalue weighted by Gasteiger charge is 2.43. The predicted molar refractivity (Wildman–Crippen MR) is 79.1 cm³/mol. The van der Waals surface area contributed by atoms with Crippen LogP contribution in [0.25, 0.3) is 0 Å². The van der Waals surface area contributed by atoms with Gasteiger partial charge in [0.1, 0.15) is 5.82 Å². The summed E-state index contributed by atoms with van der Waals surface area (Å²) in [4.78, 5) is 23.9. The van der Waals surface area contributed by atoms with Crippen LogP contribution in [0.1, 0.15) is 23.2 Å². The molecule has 0 unspecified atom stereocenters. The number of amides is 2. The van der Waals surface area contributed by atoms with E-state index in [2.05, 4.69) is 5.32 Å². The zero-order valence-corrected chi connectivity index (χ0v) is 13.3. The molecular formula is C15H15ClF4N2O2. The molecule has 0 atom stereocenters. The smallest absolute Gasteiger partial charge is 0.352 e. The van der Waals surface area contributed by atoms with E-state index < -0.39 is 23.8 Å². The van der Waals surface area contributed by atoms with Gasteiger partial charge in [-0.1, -0.05) is 17.7 Å². The minimum Gasteiger partial charge on any atom is -0.352 e. The van der Waals surface area contributed by atoms with Crippen molar-refractivity contribution in [2.24, 2.45) is 5.92 Å². The molecular weight excluding hydrogens is 352 g/mol.